The molecule has 1 saturated carbocycles. The number of pyridine rings is 1. The van der Waals surface area contributed by atoms with Crippen LogP contribution in [0.25, 0.3) is 10.9 Å². The molecular weight excluding hydrogens is 337 g/mol. The van der Waals surface area contributed by atoms with Gasteiger partial charge in [0.15, 0.2) is 0 Å². The van der Waals surface area contributed by atoms with Crippen molar-refractivity contribution in [1.82, 2.24) is 4.98 Å². The van der Waals surface area contributed by atoms with Gasteiger partial charge in [0.1, 0.15) is 11.9 Å². The molecule has 1 aromatic heterocycles. The number of anilines is 1. The first-order valence-corrected chi connectivity index (χ1v) is 10.0. The molecule has 1 aliphatic carbocycles. The lowest BCUT2D eigenvalue weighted by Gasteiger charge is -2.30. The minimum Gasteiger partial charge on any atom is -0.381 e. The molecule has 1 N–H and O–H groups in total. The molecule has 2 aromatic rings. The van der Waals surface area contributed by atoms with Gasteiger partial charge in [0.2, 0.25) is 0 Å². The topological polar surface area (TPSA) is 65.8 Å². The molecule has 1 aliphatic rings. The minimum atomic E-state index is -0.811. The smallest absolute Gasteiger partial charge is 0.124 e. The fourth-order valence-electron chi connectivity index (χ4n) is 3.63. The Bertz CT molecular complexity index is 862. The molecule has 3 rings (SSSR count). The van der Waals surface area contributed by atoms with Crippen molar-refractivity contribution in [3.8, 4) is 6.07 Å². The zero-order chi connectivity index (χ0) is 18.0. The number of hydrogen-bond acceptors (Lipinski definition) is 4. The predicted octanol–water partition coefficient (Wildman–Crippen LogP) is 4.05. The summed E-state index contributed by atoms with van der Waals surface area (Å²) in [5.74, 6) is 0.335. The monoisotopic (exact) mass is 359 g/mol. The Morgan fingerprint density at radius 3 is 2.96 bits per heavy atom. The lowest BCUT2D eigenvalue weighted by Crippen LogP contribution is -2.33. The van der Waals surface area contributed by atoms with Gasteiger partial charge in [-0.15, -0.1) is 0 Å². The first kappa shape index (κ1) is 17.8. The van der Waals surface area contributed by atoms with E-state index in [4.69, 9.17) is 0 Å². The Morgan fingerprint density at radius 1 is 1.44 bits per heavy atom. The lowest BCUT2D eigenvalue weighted by molar-refractivity contribution is 0.465. The lowest BCUT2D eigenvalue weighted by atomic mass is 9.94. The van der Waals surface area contributed by atoms with Crippen LogP contribution < -0.4 is 5.32 Å². The fourth-order valence-corrected chi connectivity index (χ4v) is 4.98. The maximum absolute atomic E-state index is 13.9. The standard InChI is InChI=1S/C19H22FN3OS/c1-3-25(24)16-6-4-5-15(9-16)23-19-13(10-21)11-22-18-12(2)7-14(20)8-17(18)19/h7-8,11,15-16H,3-6,9H2,1-2H3,(H,22,23). The Kier molecular flexibility index (Phi) is 5.33. The number of nitriles is 1. The van der Waals surface area contributed by atoms with Crippen LogP contribution in [0, 0.1) is 24.1 Å². The van der Waals surface area contributed by atoms with E-state index < -0.39 is 10.8 Å². The average molecular weight is 359 g/mol. The van der Waals surface area contributed by atoms with Crippen molar-refractivity contribution in [2.24, 2.45) is 0 Å². The molecular formula is C19H22FN3OS. The van der Waals surface area contributed by atoms with E-state index in [1.165, 1.54) is 12.1 Å². The first-order chi connectivity index (χ1) is 12.0. The molecule has 1 aromatic carbocycles. The van der Waals surface area contributed by atoms with Gasteiger partial charge in [-0.1, -0.05) is 13.3 Å². The normalized spacial score (nSPS) is 21.7. The Morgan fingerprint density at radius 2 is 2.24 bits per heavy atom. The third-order valence-corrected chi connectivity index (χ3v) is 6.62. The van der Waals surface area contributed by atoms with E-state index in [2.05, 4.69) is 16.4 Å². The van der Waals surface area contributed by atoms with Crippen molar-refractivity contribution in [2.75, 3.05) is 11.1 Å². The molecule has 1 fully saturated rings. The van der Waals surface area contributed by atoms with E-state index in [-0.39, 0.29) is 17.1 Å². The molecule has 3 unspecified atom stereocenters. The number of benzene rings is 1. The number of nitrogens with zero attached hydrogens (tertiary/aromatic N) is 2. The molecule has 1 heterocycles. The van der Waals surface area contributed by atoms with Crippen LogP contribution in [0.2, 0.25) is 0 Å². The molecule has 0 bridgehead atoms. The minimum absolute atomic E-state index is 0.135. The summed E-state index contributed by atoms with van der Waals surface area (Å²) >= 11 is 0. The van der Waals surface area contributed by atoms with E-state index >= 15 is 0 Å². The van der Waals surface area contributed by atoms with Crippen molar-refractivity contribution in [3.63, 3.8) is 0 Å². The largest absolute Gasteiger partial charge is 0.381 e. The van der Waals surface area contributed by atoms with Gasteiger partial charge in [0.05, 0.1) is 16.8 Å². The van der Waals surface area contributed by atoms with Crippen LogP contribution in [-0.4, -0.2) is 26.2 Å². The van der Waals surface area contributed by atoms with Crippen molar-refractivity contribution in [1.29, 1.82) is 5.26 Å². The van der Waals surface area contributed by atoms with Crippen molar-refractivity contribution < 1.29 is 8.60 Å². The molecule has 0 amide bonds. The number of nitrogens with one attached hydrogen (secondary N) is 1. The highest BCUT2D eigenvalue weighted by atomic mass is 32.2. The molecule has 3 atom stereocenters. The zero-order valence-corrected chi connectivity index (χ0v) is 15.3. The first-order valence-electron chi connectivity index (χ1n) is 8.66. The van der Waals surface area contributed by atoms with Gasteiger partial charge >= 0.3 is 0 Å². The number of hydrogen-bond donors (Lipinski definition) is 1. The quantitative estimate of drug-likeness (QED) is 0.894. The second-order valence-corrected chi connectivity index (χ2v) is 8.58. The maximum atomic E-state index is 13.9. The molecule has 0 aliphatic heterocycles. The van der Waals surface area contributed by atoms with Gasteiger partial charge < -0.3 is 5.32 Å². The van der Waals surface area contributed by atoms with Crippen LogP contribution in [0.4, 0.5) is 10.1 Å². The summed E-state index contributed by atoms with van der Waals surface area (Å²) < 4.78 is 26.1. The Balaban J connectivity index is 1.97. The summed E-state index contributed by atoms with van der Waals surface area (Å²) in [6.45, 7) is 3.76. The molecule has 0 spiro atoms. The maximum Gasteiger partial charge on any atom is 0.124 e. The van der Waals surface area contributed by atoms with Crippen LogP contribution in [0.3, 0.4) is 0 Å². The van der Waals surface area contributed by atoms with Gasteiger partial charge in [-0.2, -0.15) is 5.26 Å². The Hall–Kier alpha value is -2.00. The summed E-state index contributed by atoms with van der Waals surface area (Å²) in [5, 5.41) is 13.7. The summed E-state index contributed by atoms with van der Waals surface area (Å²) in [7, 11) is -0.811. The summed E-state index contributed by atoms with van der Waals surface area (Å²) in [6.07, 6.45) is 5.30. The molecule has 4 nitrogen and oxygen atoms in total. The number of halogens is 1. The molecule has 25 heavy (non-hydrogen) atoms. The molecule has 6 heteroatoms. The van der Waals surface area contributed by atoms with E-state index in [1.807, 2.05) is 13.8 Å². The van der Waals surface area contributed by atoms with Crippen LogP contribution >= 0.6 is 0 Å². The second-order valence-electron chi connectivity index (χ2n) is 6.58. The summed E-state index contributed by atoms with van der Waals surface area (Å²) in [4.78, 5) is 4.33. The highest BCUT2D eigenvalue weighted by Crippen LogP contribution is 2.32. The number of rotatable bonds is 4. The Labute approximate surface area is 149 Å². The van der Waals surface area contributed by atoms with E-state index in [1.54, 1.807) is 6.20 Å². The third kappa shape index (κ3) is 3.67. The molecule has 132 valence electrons. The number of aryl methyl sites for hydroxylation is 1. The average Bonchev–Trinajstić information content (AvgIpc) is 2.61. The van der Waals surface area contributed by atoms with Crippen LogP contribution in [0.5, 0.6) is 0 Å². The summed E-state index contributed by atoms with van der Waals surface area (Å²) in [5.41, 5.74) is 2.50. The van der Waals surface area contributed by atoms with E-state index in [9.17, 15) is 13.9 Å². The van der Waals surface area contributed by atoms with Crippen molar-refractivity contribution >= 4 is 27.4 Å². The van der Waals surface area contributed by atoms with Crippen molar-refractivity contribution in [3.05, 3.63) is 35.3 Å². The van der Waals surface area contributed by atoms with Crippen LogP contribution in [0.1, 0.15) is 43.7 Å². The van der Waals surface area contributed by atoms with E-state index in [0.717, 1.165) is 31.2 Å². The summed E-state index contributed by atoms with van der Waals surface area (Å²) in [6, 6.07) is 5.17. The van der Waals surface area contributed by atoms with Gasteiger partial charge in [0, 0.05) is 39.4 Å². The number of fused-ring (bicyclic) bond motifs is 1. The van der Waals surface area contributed by atoms with Gasteiger partial charge in [-0.05, 0) is 43.9 Å². The third-order valence-electron chi connectivity index (χ3n) is 4.88. The SMILES string of the molecule is CCS(=O)C1CCCC(Nc2c(C#N)cnc3c(C)cc(F)cc23)C1. The predicted molar refractivity (Wildman–Crippen MR) is 99.5 cm³/mol. The number of aromatic nitrogens is 1. The zero-order valence-electron chi connectivity index (χ0n) is 14.5. The van der Waals surface area contributed by atoms with Crippen molar-refractivity contribution in [2.45, 2.75) is 50.8 Å². The van der Waals surface area contributed by atoms with Crippen LogP contribution in [-0.2, 0) is 10.8 Å². The van der Waals surface area contributed by atoms with E-state index in [0.29, 0.717) is 27.9 Å². The van der Waals surface area contributed by atoms with Gasteiger partial charge in [0.25, 0.3) is 0 Å². The fraction of sp³-hybridized carbons (Fsp3) is 0.474. The highest BCUT2D eigenvalue weighted by molar-refractivity contribution is 7.85. The molecule has 0 radical (unpaired) electrons. The second kappa shape index (κ2) is 7.49. The molecule has 0 saturated heterocycles. The highest BCUT2D eigenvalue weighted by Gasteiger charge is 2.26. The van der Waals surface area contributed by atoms with Gasteiger partial charge in [-0.3, -0.25) is 9.19 Å². The van der Waals surface area contributed by atoms with Crippen LogP contribution in [0.15, 0.2) is 18.3 Å². The van der Waals surface area contributed by atoms with Gasteiger partial charge in [-0.25, -0.2) is 4.39 Å².